The predicted molar refractivity (Wildman–Crippen MR) is 117 cm³/mol. The van der Waals surface area contributed by atoms with Crippen LogP contribution in [0.4, 0.5) is 10.1 Å². The number of hydrogen-bond donors (Lipinski definition) is 2. The van der Waals surface area contributed by atoms with Crippen LogP contribution in [0, 0.1) is 5.82 Å². The van der Waals surface area contributed by atoms with Crippen molar-refractivity contribution in [3.63, 3.8) is 0 Å². The maximum absolute atomic E-state index is 13.0. The SMILES string of the molecule is COc1cc(/C=N\NC(=S)Nc2ccccc2)ccc1OCc1ccc(F)cc1. The van der Waals surface area contributed by atoms with E-state index < -0.39 is 0 Å². The van der Waals surface area contributed by atoms with E-state index in [4.69, 9.17) is 21.7 Å². The number of para-hydroxylation sites is 1. The first-order valence-corrected chi connectivity index (χ1v) is 9.25. The Hall–Kier alpha value is -3.45. The number of methoxy groups -OCH3 is 1. The zero-order chi connectivity index (χ0) is 20.5. The van der Waals surface area contributed by atoms with Crippen LogP contribution in [-0.2, 0) is 6.61 Å². The monoisotopic (exact) mass is 409 g/mol. The van der Waals surface area contributed by atoms with Crippen molar-refractivity contribution >= 4 is 29.2 Å². The van der Waals surface area contributed by atoms with Gasteiger partial charge in [-0.15, -0.1) is 0 Å². The van der Waals surface area contributed by atoms with E-state index in [0.29, 0.717) is 23.2 Å². The van der Waals surface area contributed by atoms with Crippen molar-refractivity contribution in [3.05, 3.63) is 89.7 Å². The maximum atomic E-state index is 13.0. The largest absolute Gasteiger partial charge is 0.493 e. The summed E-state index contributed by atoms with van der Waals surface area (Å²) in [6.07, 6.45) is 1.63. The molecule has 0 spiro atoms. The quantitative estimate of drug-likeness (QED) is 0.336. The molecule has 0 bridgehead atoms. The summed E-state index contributed by atoms with van der Waals surface area (Å²) >= 11 is 5.21. The van der Waals surface area contributed by atoms with Gasteiger partial charge < -0.3 is 14.8 Å². The van der Waals surface area contributed by atoms with Gasteiger partial charge in [0.2, 0.25) is 0 Å². The molecule has 0 fully saturated rings. The van der Waals surface area contributed by atoms with Gasteiger partial charge in [-0.25, -0.2) is 4.39 Å². The van der Waals surface area contributed by atoms with Crippen LogP contribution in [0.5, 0.6) is 11.5 Å². The van der Waals surface area contributed by atoms with Crippen molar-refractivity contribution in [2.45, 2.75) is 6.61 Å². The molecule has 3 aromatic carbocycles. The summed E-state index contributed by atoms with van der Waals surface area (Å²) in [7, 11) is 1.57. The molecule has 148 valence electrons. The molecule has 0 saturated heterocycles. The number of anilines is 1. The molecule has 0 saturated carbocycles. The van der Waals surface area contributed by atoms with E-state index in [1.54, 1.807) is 37.6 Å². The van der Waals surface area contributed by atoms with E-state index in [9.17, 15) is 4.39 Å². The lowest BCUT2D eigenvalue weighted by molar-refractivity contribution is 0.284. The van der Waals surface area contributed by atoms with Gasteiger partial charge in [0.1, 0.15) is 12.4 Å². The van der Waals surface area contributed by atoms with Crippen LogP contribution in [0.1, 0.15) is 11.1 Å². The minimum atomic E-state index is -0.276. The standard InChI is InChI=1S/C22H20FN3O2S/c1-27-21-13-17(14-24-26-22(29)25-19-5-3-2-4-6-19)9-12-20(21)28-15-16-7-10-18(23)11-8-16/h2-14H,15H2,1H3,(H2,25,26,29)/b24-14-. The Bertz CT molecular complexity index is 979. The van der Waals surface area contributed by atoms with Gasteiger partial charge in [-0.05, 0) is 65.8 Å². The Balaban J connectivity index is 1.56. The lowest BCUT2D eigenvalue weighted by Crippen LogP contribution is -2.23. The third-order valence-corrected chi connectivity index (χ3v) is 4.10. The molecule has 3 rings (SSSR count). The summed E-state index contributed by atoms with van der Waals surface area (Å²) in [5.74, 6) is 0.881. The number of ether oxygens (including phenoxy) is 2. The number of rotatable bonds is 7. The molecule has 7 heteroatoms. The van der Waals surface area contributed by atoms with E-state index in [2.05, 4.69) is 15.8 Å². The molecule has 3 aromatic rings. The van der Waals surface area contributed by atoms with Crippen molar-refractivity contribution < 1.29 is 13.9 Å². The third kappa shape index (κ3) is 6.29. The highest BCUT2D eigenvalue weighted by molar-refractivity contribution is 7.80. The molecular formula is C22H20FN3O2S. The van der Waals surface area contributed by atoms with Crippen molar-refractivity contribution in [1.82, 2.24) is 5.43 Å². The first kappa shape index (κ1) is 20.3. The van der Waals surface area contributed by atoms with Crippen LogP contribution >= 0.6 is 12.2 Å². The van der Waals surface area contributed by atoms with Gasteiger partial charge in [0.25, 0.3) is 0 Å². The third-order valence-electron chi connectivity index (χ3n) is 3.91. The fourth-order valence-corrected chi connectivity index (χ4v) is 2.64. The molecule has 0 heterocycles. The zero-order valence-electron chi connectivity index (χ0n) is 15.8. The molecule has 29 heavy (non-hydrogen) atoms. The fraction of sp³-hybridized carbons (Fsp3) is 0.0909. The summed E-state index contributed by atoms with van der Waals surface area (Å²) < 4.78 is 24.2. The van der Waals surface area contributed by atoms with Gasteiger partial charge in [0, 0.05) is 5.69 Å². The number of nitrogens with one attached hydrogen (secondary N) is 2. The van der Waals surface area contributed by atoms with Gasteiger partial charge in [-0.3, -0.25) is 5.43 Å². The Morgan fingerprint density at radius 3 is 2.52 bits per heavy atom. The Kier molecular flexibility index (Phi) is 7.13. The van der Waals surface area contributed by atoms with Crippen molar-refractivity contribution in [3.8, 4) is 11.5 Å². The molecule has 0 aliphatic heterocycles. The van der Waals surface area contributed by atoms with Gasteiger partial charge in [-0.1, -0.05) is 30.3 Å². The molecule has 0 unspecified atom stereocenters. The number of thiocarbonyl (C=S) groups is 1. The van der Waals surface area contributed by atoms with Crippen molar-refractivity contribution in [1.29, 1.82) is 0 Å². The minimum Gasteiger partial charge on any atom is -0.493 e. The predicted octanol–water partition coefficient (Wildman–Crippen LogP) is 4.73. The summed E-state index contributed by atoms with van der Waals surface area (Å²) in [5, 5.41) is 7.56. The molecule has 0 aliphatic rings. The number of hydrogen-bond acceptors (Lipinski definition) is 4. The molecule has 0 aromatic heterocycles. The first-order chi connectivity index (χ1) is 14.1. The number of nitrogens with zero attached hydrogens (tertiary/aromatic N) is 1. The number of benzene rings is 3. The van der Waals surface area contributed by atoms with Gasteiger partial charge >= 0.3 is 0 Å². The average Bonchev–Trinajstić information content (AvgIpc) is 2.74. The van der Waals surface area contributed by atoms with Crippen LogP contribution in [0.3, 0.4) is 0 Å². The number of hydrazone groups is 1. The average molecular weight is 409 g/mol. The second-order valence-electron chi connectivity index (χ2n) is 6.02. The van der Waals surface area contributed by atoms with Crippen LogP contribution in [0.15, 0.2) is 77.9 Å². The summed E-state index contributed by atoms with van der Waals surface area (Å²) in [6, 6.07) is 21.2. The van der Waals surface area contributed by atoms with E-state index >= 15 is 0 Å². The second kappa shape index (κ2) is 10.2. The molecule has 0 radical (unpaired) electrons. The van der Waals surface area contributed by atoms with E-state index in [-0.39, 0.29) is 5.82 Å². The lowest BCUT2D eigenvalue weighted by Gasteiger charge is -2.11. The second-order valence-corrected chi connectivity index (χ2v) is 6.42. The summed E-state index contributed by atoms with van der Waals surface area (Å²) in [6.45, 7) is 0.311. The van der Waals surface area contributed by atoms with Crippen LogP contribution in [-0.4, -0.2) is 18.4 Å². The first-order valence-electron chi connectivity index (χ1n) is 8.84. The number of halogens is 1. The fourth-order valence-electron chi connectivity index (χ4n) is 2.47. The highest BCUT2D eigenvalue weighted by Gasteiger charge is 2.06. The summed E-state index contributed by atoms with van der Waals surface area (Å²) in [4.78, 5) is 0. The normalized spacial score (nSPS) is 10.6. The molecule has 5 nitrogen and oxygen atoms in total. The Morgan fingerprint density at radius 1 is 1.03 bits per heavy atom. The lowest BCUT2D eigenvalue weighted by atomic mass is 10.2. The molecule has 0 atom stereocenters. The van der Waals surface area contributed by atoms with Crippen molar-refractivity contribution in [2.75, 3.05) is 12.4 Å². The van der Waals surface area contributed by atoms with Gasteiger partial charge in [0.15, 0.2) is 16.6 Å². The zero-order valence-corrected chi connectivity index (χ0v) is 16.6. The highest BCUT2D eigenvalue weighted by Crippen LogP contribution is 2.28. The van der Waals surface area contributed by atoms with Gasteiger partial charge in [0.05, 0.1) is 13.3 Å². The Labute approximate surface area is 174 Å². The smallest absolute Gasteiger partial charge is 0.191 e. The van der Waals surface area contributed by atoms with Crippen molar-refractivity contribution in [2.24, 2.45) is 5.10 Å². The summed E-state index contributed by atoms with van der Waals surface area (Å²) in [5.41, 5.74) is 5.32. The van der Waals surface area contributed by atoms with Crippen LogP contribution in [0.25, 0.3) is 0 Å². The molecule has 0 aliphatic carbocycles. The van der Waals surface area contributed by atoms with Gasteiger partial charge in [-0.2, -0.15) is 5.10 Å². The highest BCUT2D eigenvalue weighted by atomic mass is 32.1. The van der Waals surface area contributed by atoms with E-state index in [0.717, 1.165) is 16.8 Å². The Morgan fingerprint density at radius 2 is 1.79 bits per heavy atom. The van der Waals surface area contributed by atoms with E-state index in [1.807, 2.05) is 36.4 Å². The molecule has 2 N–H and O–H groups in total. The van der Waals surface area contributed by atoms with E-state index in [1.165, 1.54) is 12.1 Å². The minimum absolute atomic E-state index is 0.276. The molecule has 0 amide bonds. The van der Waals surface area contributed by atoms with Crippen LogP contribution in [0.2, 0.25) is 0 Å². The van der Waals surface area contributed by atoms with Crippen LogP contribution < -0.4 is 20.2 Å². The molecular weight excluding hydrogens is 389 g/mol. The maximum Gasteiger partial charge on any atom is 0.191 e. The topological polar surface area (TPSA) is 54.9 Å².